The average Bonchev–Trinajstić information content (AvgIpc) is 2.38. The number of benzene rings is 1. The lowest BCUT2D eigenvalue weighted by Crippen LogP contribution is -2.15. The fourth-order valence-corrected chi connectivity index (χ4v) is 1.96. The molecule has 0 amide bonds. The second-order valence-electron chi connectivity index (χ2n) is 5.12. The summed E-state index contributed by atoms with van der Waals surface area (Å²) < 4.78 is 0. The van der Waals surface area contributed by atoms with Crippen molar-refractivity contribution in [3.63, 3.8) is 0 Å². The van der Waals surface area contributed by atoms with E-state index in [-0.39, 0.29) is 0 Å². The van der Waals surface area contributed by atoms with Gasteiger partial charge in [0.2, 0.25) is 0 Å². The summed E-state index contributed by atoms with van der Waals surface area (Å²) in [5.41, 5.74) is 5.12. The van der Waals surface area contributed by atoms with Gasteiger partial charge in [0.15, 0.2) is 0 Å². The van der Waals surface area contributed by atoms with Crippen molar-refractivity contribution in [2.24, 2.45) is 0 Å². The number of aryl methyl sites for hydroxylation is 1. The predicted octanol–water partition coefficient (Wildman–Crippen LogP) is 4.82. The maximum atomic E-state index is 6.12. The van der Waals surface area contributed by atoms with Gasteiger partial charge in [0.25, 0.3) is 0 Å². The maximum Gasteiger partial charge on any atom is 0.0392 e. The normalized spacial score (nSPS) is 11.5. The van der Waals surface area contributed by atoms with Crippen LogP contribution >= 0.6 is 11.6 Å². The molecule has 0 atom stereocenters. The molecule has 0 unspecified atom stereocenters. The van der Waals surface area contributed by atoms with Gasteiger partial charge in [0, 0.05) is 18.1 Å². The third-order valence-electron chi connectivity index (χ3n) is 2.98. The van der Waals surface area contributed by atoms with Crippen LogP contribution in [0.25, 0.3) is 0 Å². The summed E-state index contributed by atoms with van der Waals surface area (Å²) in [6.07, 6.45) is 3.12. The van der Waals surface area contributed by atoms with Crippen molar-refractivity contribution in [1.29, 1.82) is 0 Å². The molecular formula is C17H24ClN. The standard InChI is InChI=1S/C17H24ClN/c1-5-15-7-6-8-16(10-15)12-19-11-14(4)9-17(18)13(2)3/h6-10,19H,5,11-12H2,1-4H3/b14-9+. The lowest BCUT2D eigenvalue weighted by molar-refractivity contribution is 0.738. The highest BCUT2D eigenvalue weighted by molar-refractivity contribution is 6.31. The van der Waals surface area contributed by atoms with Gasteiger partial charge >= 0.3 is 0 Å². The smallest absolute Gasteiger partial charge is 0.0392 e. The van der Waals surface area contributed by atoms with Crippen molar-refractivity contribution in [2.45, 2.75) is 40.7 Å². The minimum absolute atomic E-state index is 0.840. The third kappa shape index (κ3) is 6.09. The highest BCUT2D eigenvalue weighted by Gasteiger charge is 1.97. The lowest BCUT2D eigenvalue weighted by atomic mass is 10.1. The molecule has 0 bridgehead atoms. The molecule has 19 heavy (non-hydrogen) atoms. The van der Waals surface area contributed by atoms with Crippen LogP contribution in [-0.4, -0.2) is 6.54 Å². The molecule has 104 valence electrons. The molecular weight excluding hydrogens is 254 g/mol. The zero-order valence-electron chi connectivity index (χ0n) is 12.4. The first kappa shape index (κ1) is 16.0. The molecule has 1 aromatic carbocycles. The second-order valence-corrected chi connectivity index (χ2v) is 5.52. The monoisotopic (exact) mass is 277 g/mol. The van der Waals surface area contributed by atoms with Crippen LogP contribution in [-0.2, 0) is 13.0 Å². The van der Waals surface area contributed by atoms with Gasteiger partial charge in [-0.3, -0.25) is 0 Å². The molecule has 0 saturated carbocycles. The summed E-state index contributed by atoms with van der Waals surface area (Å²) in [6, 6.07) is 8.71. The van der Waals surface area contributed by atoms with E-state index in [1.807, 2.05) is 19.9 Å². The Bertz CT molecular complexity index is 468. The van der Waals surface area contributed by atoms with E-state index >= 15 is 0 Å². The lowest BCUT2D eigenvalue weighted by Gasteiger charge is -2.07. The minimum Gasteiger partial charge on any atom is -0.309 e. The van der Waals surface area contributed by atoms with Crippen LogP contribution in [0.15, 0.2) is 46.5 Å². The first-order valence-corrected chi connectivity index (χ1v) is 7.19. The van der Waals surface area contributed by atoms with Crippen molar-refractivity contribution in [3.8, 4) is 0 Å². The number of allylic oxidation sites excluding steroid dienone is 3. The molecule has 0 heterocycles. The van der Waals surface area contributed by atoms with Crippen LogP contribution in [0.5, 0.6) is 0 Å². The molecule has 0 aliphatic rings. The summed E-state index contributed by atoms with van der Waals surface area (Å²) in [5.74, 6) is 0. The zero-order chi connectivity index (χ0) is 14.3. The maximum absolute atomic E-state index is 6.12. The fourth-order valence-electron chi connectivity index (χ4n) is 1.78. The third-order valence-corrected chi connectivity index (χ3v) is 3.47. The van der Waals surface area contributed by atoms with Crippen LogP contribution in [0.2, 0.25) is 0 Å². The van der Waals surface area contributed by atoms with Crippen LogP contribution in [0.4, 0.5) is 0 Å². The Morgan fingerprint density at radius 3 is 2.53 bits per heavy atom. The van der Waals surface area contributed by atoms with E-state index < -0.39 is 0 Å². The number of nitrogens with one attached hydrogen (secondary N) is 1. The highest BCUT2D eigenvalue weighted by Crippen LogP contribution is 2.12. The number of hydrogen-bond acceptors (Lipinski definition) is 1. The van der Waals surface area contributed by atoms with Crippen molar-refractivity contribution >= 4 is 11.6 Å². The van der Waals surface area contributed by atoms with E-state index in [1.165, 1.54) is 16.7 Å². The van der Waals surface area contributed by atoms with E-state index in [0.29, 0.717) is 0 Å². The van der Waals surface area contributed by atoms with E-state index in [9.17, 15) is 0 Å². The molecule has 1 N–H and O–H groups in total. The van der Waals surface area contributed by atoms with E-state index in [0.717, 1.165) is 30.1 Å². The summed E-state index contributed by atoms with van der Waals surface area (Å²) in [7, 11) is 0. The molecule has 0 aliphatic heterocycles. The van der Waals surface area contributed by atoms with E-state index in [4.69, 9.17) is 11.6 Å². The molecule has 1 nitrogen and oxygen atoms in total. The Morgan fingerprint density at radius 2 is 1.89 bits per heavy atom. The minimum atomic E-state index is 0.840. The SMILES string of the molecule is CCc1cccc(CNC/C(C)=C/C(Cl)=C(C)C)c1. The molecule has 2 heteroatoms. The Hall–Kier alpha value is -1.05. The van der Waals surface area contributed by atoms with E-state index in [1.54, 1.807) is 0 Å². The number of halogens is 1. The summed E-state index contributed by atoms with van der Waals surface area (Å²) >= 11 is 6.12. The molecule has 1 aromatic rings. The highest BCUT2D eigenvalue weighted by atomic mass is 35.5. The molecule has 0 aromatic heterocycles. The molecule has 0 fully saturated rings. The van der Waals surface area contributed by atoms with Gasteiger partial charge in [-0.1, -0.05) is 53.9 Å². The molecule has 1 rings (SSSR count). The summed E-state index contributed by atoms with van der Waals surface area (Å²) in [5, 5.41) is 4.29. The Labute approximate surface area is 122 Å². The number of rotatable bonds is 6. The molecule has 0 spiro atoms. The zero-order valence-corrected chi connectivity index (χ0v) is 13.1. The van der Waals surface area contributed by atoms with Crippen molar-refractivity contribution in [2.75, 3.05) is 6.54 Å². The van der Waals surface area contributed by atoms with Crippen LogP contribution < -0.4 is 5.32 Å². The van der Waals surface area contributed by atoms with Gasteiger partial charge in [0.05, 0.1) is 0 Å². The Morgan fingerprint density at radius 1 is 1.21 bits per heavy atom. The molecule has 0 aliphatic carbocycles. The summed E-state index contributed by atoms with van der Waals surface area (Å²) in [6.45, 7) is 10.1. The fraction of sp³-hybridized carbons (Fsp3) is 0.412. The predicted molar refractivity (Wildman–Crippen MR) is 85.5 cm³/mol. The second kappa shape index (κ2) is 8.19. The summed E-state index contributed by atoms with van der Waals surface area (Å²) in [4.78, 5) is 0. The van der Waals surface area contributed by atoms with Gasteiger partial charge < -0.3 is 5.32 Å². The largest absolute Gasteiger partial charge is 0.309 e. The van der Waals surface area contributed by atoms with Gasteiger partial charge in [-0.05, 0) is 44.4 Å². The van der Waals surface area contributed by atoms with E-state index in [2.05, 4.69) is 43.4 Å². The topological polar surface area (TPSA) is 12.0 Å². The Balaban J connectivity index is 2.48. The first-order valence-electron chi connectivity index (χ1n) is 6.81. The molecule has 0 saturated heterocycles. The van der Waals surface area contributed by atoms with Gasteiger partial charge in [-0.15, -0.1) is 0 Å². The average molecular weight is 278 g/mol. The number of hydrogen-bond donors (Lipinski definition) is 1. The van der Waals surface area contributed by atoms with Crippen molar-refractivity contribution in [3.05, 3.63) is 57.6 Å². The van der Waals surface area contributed by atoms with Crippen LogP contribution in [0.3, 0.4) is 0 Å². The van der Waals surface area contributed by atoms with Gasteiger partial charge in [0.1, 0.15) is 0 Å². The van der Waals surface area contributed by atoms with Gasteiger partial charge in [-0.2, -0.15) is 0 Å². The molecule has 0 radical (unpaired) electrons. The van der Waals surface area contributed by atoms with Gasteiger partial charge in [-0.25, -0.2) is 0 Å². The quantitative estimate of drug-likeness (QED) is 0.735. The van der Waals surface area contributed by atoms with Crippen LogP contribution in [0.1, 0.15) is 38.8 Å². The Kier molecular flexibility index (Phi) is 6.90. The van der Waals surface area contributed by atoms with Crippen molar-refractivity contribution in [1.82, 2.24) is 5.32 Å². The van der Waals surface area contributed by atoms with Crippen molar-refractivity contribution < 1.29 is 0 Å². The first-order chi connectivity index (χ1) is 9.02. The van der Waals surface area contributed by atoms with Crippen LogP contribution in [0, 0.1) is 0 Å².